The Morgan fingerprint density at radius 1 is 0.867 bits per heavy atom. The lowest BCUT2D eigenvalue weighted by atomic mass is 9.93. The summed E-state index contributed by atoms with van der Waals surface area (Å²) in [6.45, 7) is 0. The minimum atomic E-state index is -4.73. The number of halogens is 6. The first-order chi connectivity index (χ1) is 6.60. The van der Waals surface area contributed by atoms with Crippen LogP contribution in [0.5, 0.6) is 0 Å². The zero-order valence-corrected chi connectivity index (χ0v) is 7.41. The van der Waals surface area contributed by atoms with Crippen molar-refractivity contribution in [1.29, 1.82) is 0 Å². The summed E-state index contributed by atoms with van der Waals surface area (Å²) >= 11 is 0. The Hall–Kier alpha value is -0.500. The van der Waals surface area contributed by atoms with Crippen LogP contribution in [-0.2, 0) is 0 Å². The predicted molar refractivity (Wildman–Crippen MR) is 38.9 cm³/mol. The number of hydrogen-bond acceptors (Lipinski definition) is 1. The van der Waals surface area contributed by atoms with Gasteiger partial charge in [0.1, 0.15) is 12.1 Å². The Morgan fingerprint density at radius 2 is 1.20 bits per heavy atom. The lowest BCUT2D eigenvalue weighted by Crippen LogP contribution is -2.59. The minimum Gasteiger partial charge on any atom is -0.295 e. The van der Waals surface area contributed by atoms with E-state index in [1.165, 1.54) is 5.32 Å². The molecule has 1 aliphatic heterocycles. The van der Waals surface area contributed by atoms with Gasteiger partial charge in [-0.25, -0.2) is 0 Å². The number of piperidine rings is 1. The van der Waals surface area contributed by atoms with Crippen molar-refractivity contribution in [3.05, 3.63) is 0 Å². The van der Waals surface area contributed by atoms with Gasteiger partial charge in [0, 0.05) is 6.04 Å². The summed E-state index contributed by atoms with van der Waals surface area (Å²) in [5.74, 6) is 0. The molecule has 0 aromatic carbocycles. The fraction of sp³-hybridized carbons (Fsp3) is 1.00. The molecule has 0 aromatic heterocycles. The van der Waals surface area contributed by atoms with Gasteiger partial charge in [0.05, 0.1) is 0 Å². The molecule has 0 saturated carbocycles. The van der Waals surface area contributed by atoms with Crippen molar-refractivity contribution in [1.82, 2.24) is 11.1 Å². The summed E-state index contributed by atoms with van der Waals surface area (Å²) in [6.07, 6.45) is -10.7. The molecule has 1 saturated heterocycles. The van der Waals surface area contributed by atoms with Crippen LogP contribution >= 0.6 is 0 Å². The zero-order valence-electron chi connectivity index (χ0n) is 7.41. The molecule has 0 spiro atoms. The van der Waals surface area contributed by atoms with E-state index in [1.54, 1.807) is 0 Å². The molecular weight excluding hydrogens is 226 g/mol. The van der Waals surface area contributed by atoms with Crippen LogP contribution < -0.4 is 11.1 Å². The molecule has 0 bridgehead atoms. The number of hydrogen-bond donors (Lipinski definition) is 1. The van der Waals surface area contributed by atoms with Gasteiger partial charge >= 0.3 is 12.4 Å². The Bertz CT molecular complexity index is 201. The second-order valence-corrected chi connectivity index (χ2v) is 3.52. The molecule has 1 radical (unpaired) electrons. The normalized spacial score (nSPS) is 34.2. The summed E-state index contributed by atoms with van der Waals surface area (Å²) in [4.78, 5) is 0. The molecule has 0 amide bonds. The summed E-state index contributed by atoms with van der Waals surface area (Å²) in [5.41, 5.74) is 7.05. The average molecular weight is 235 g/mol. The van der Waals surface area contributed by atoms with Crippen molar-refractivity contribution in [3.63, 3.8) is 0 Å². The largest absolute Gasteiger partial charge is 0.403 e. The molecule has 8 heteroatoms. The molecule has 1 fully saturated rings. The van der Waals surface area contributed by atoms with Gasteiger partial charge in [-0.15, -0.1) is 0 Å². The fourth-order valence-electron chi connectivity index (χ4n) is 1.50. The van der Waals surface area contributed by atoms with Crippen LogP contribution in [0.3, 0.4) is 0 Å². The van der Waals surface area contributed by atoms with Gasteiger partial charge in [-0.05, 0) is 12.8 Å². The molecule has 2 atom stereocenters. The topological polar surface area (TPSA) is 35.8 Å². The van der Waals surface area contributed by atoms with Crippen LogP contribution in [0.25, 0.3) is 0 Å². The number of alkyl halides is 6. The molecule has 2 nitrogen and oxygen atoms in total. The van der Waals surface area contributed by atoms with E-state index in [4.69, 9.17) is 5.73 Å². The predicted octanol–water partition coefficient (Wildman–Crippen LogP) is 1.88. The Kier molecular flexibility index (Phi) is 3.20. The fourth-order valence-corrected chi connectivity index (χ4v) is 1.50. The van der Waals surface area contributed by atoms with Gasteiger partial charge < -0.3 is 0 Å². The first kappa shape index (κ1) is 12.6. The standard InChI is InChI=1S/C7H9F6N2/c8-6(9,10)4-1-3(14)2-5(15-4)7(11,12)13/h3-5,14-15H,1-2H2. The minimum absolute atomic E-state index is 0.629. The van der Waals surface area contributed by atoms with E-state index in [2.05, 4.69) is 0 Å². The van der Waals surface area contributed by atoms with Gasteiger partial charge in [0.15, 0.2) is 0 Å². The lowest BCUT2D eigenvalue weighted by molar-refractivity contribution is -0.198. The zero-order chi connectivity index (χ0) is 11.9. The highest BCUT2D eigenvalue weighted by Crippen LogP contribution is 2.33. The molecule has 1 aliphatic rings. The second-order valence-electron chi connectivity index (χ2n) is 3.52. The quantitative estimate of drug-likeness (QED) is 0.639. The summed E-state index contributed by atoms with van der Waals surface area (Å²) in [6, 6.07) is -5.80. The van der Waals surface area contributed by atoms with Crippen molar-refractivity contribution in [3.8, 4) is 0 Å². The number of nitrogens with one attached hydrogen (secondary N) is 2. The monoisotopic (exact) mass is 235 g/mol. The molecule has 0 aromatic rings. The average Bonchev–Trinajstić information content (AvgIpc) is 1.99. The molecule has 0 aliphatic carbocycles. The third-order valence-corrected chi connectivity index (χ3v) is 2.23. The van der Waals surface area contributed by atoms with Gasteiger partial charge in [0.2, 0.25) is 0 Å². The molecular formula is C7H9F6N2. The van der Waals surface area contributed by atoms with E-state index in [9.17, 15) is 26.3 Å². The van der Waals surface area contributed by atoms with Crippen molar-refractivity contribution in [2.24, 2.45) is 0 Å². The van der Waals surface area contributed by atoms with Crippen molar-refractivity contribution in [2.75, 3.05) is 0 Å². The maximum absolute atomic E-state index is 12.2. The van der Waals surface area contributed by atoms with E-state index in [0.29, 0.717) is 0 Å². The highest BCUT2D eigenvalue weighted by Gasteiger charge is 2.51. The highest BCUT2D eigenvalue weighted by molar-refractivity contribution is 4.93. The molecule has 1 rings (SSSR count). The van der Waals surface area contributed by atoms with Crippen LogP contribution in [-0.4, -0.2) is 30.5 Å². The van der Waals surface area contributed by atoms with Crippen molar-refractivity contribution >= 4 is 0 Å². The van der Waals surface area contributed by atoms with Crippen LogP contribution in [0.2, 0.25) is 0 Å². The highest BCUT2D eigenvalue weighted by atomic mass is 19.4. The van der Waals surface area contributed by atoms with E-state index in [-0.39, 0.29) is 0 Å². The maximum Gasteiger partial charge on any atom is 0.403 e. The molecule has 1 heterocycles. The summed E-state index contributed by atoms with van der Waals surface area (Å²) < 4.78 is 73.0. The molecule has 89 valence electrons. The smallest absolute Gasteiger partial charge is 0.295 e. The number of rotatable bonds is 0. The lowest BCUT2D eigenvalue weighted by Gasteiger charge is -2.36. The Morgan fingerprint density at radius 3 is 1.47 bits per heavy atom. The maximum atomic E-state index is 12.2. The van der Waals surface area contributed by atoms with E-state index in [0.717, 1.165) is 0 Å². The van der Waals surface area contributed by atoms with Crippen molar-refractivity contribution in [2.45, 2.75) is 43.3 Å². The Labute approximate surface area is 81.8 Å². The first-order valence-electron chi connectivity index (χ1n) is 4.21. The van der Waals surface area contributed by atoms with Crippen LogP contribution in [0.15, 0.2) is 0 Å². The van der Waals surface area contributed by atoms with Crippen LogP contribution in [0.1, 0.15) is 12.8 Å². The molecule has 2 unspecified atom stereocenters. The van der Waals surface area contributed by atoms with Crippen molar-refractivity contribution < 1.29 is 26.3 Å². The van der Waals surface area contributed by atoms with Gasteiger partial charge in [-0.1, -0.05) is 0 Å². The third-order valence-electron chi connectivity index (χ3n) is 2.23. The van der Waals surface area contributed by atoms with Crippen LogP contribution in [0.4, 0.5) is 26.3 Å². The van der Waals surface area contributed by atoms with E-state index in [1.807, 2.05) is 0 Å². The van der Waals surface area contributed by atoms with Gasteiger partial charge in [0.25, 0.3) is 0 Å². The third kappa shape index (κ3) is 3.23. The summed E-state index contributed by atoms with van der Waals surface area (Å²) in [5, 5.41) is 1.49. The molecule has 15 heavy (non-hydrogen) atoms. The van der Waals surface area contributed by atoms with E-state index < -0.39 is 43.3 Å². The van der Waals surface area contributed by atoms with Crippen LogP contribution in [0, 0.1) is 0 Å². The first-order valence-corrected chi connectivity index (χ1v) is 4.21. The van der Waals surface area contributed by atoms with Gasteiger partial charge in [-0.3, -0.25) is 11.1 Å². The molecule has 2 N–H and O–H groups in total. The van der Waals surface area contributed by atoms with Gasteiger partial charge in [-0.2, -0.15) is 26.3 Å². The summed E-state index contributed by atoms with van der Waals surface area (Å²) in [7, 11) is 0. The Balaban J connectivity index is 2.73. The SMILES string of the molecule is [NH]C1CC(C(F)(F)F)NC(C(F)(F)F)C1. The van der Waals surface area contributed by atoms with E-state index >= 15 is 0 Å². The second kappa shape index (κ2) is 3.82.